The third-order valence-corrected chi connectivity index (χ3v) is 3.58. The maximum atomic E-state index is 10.8. The topological polar surface area (TPSA) is 54.6 Å². The lowest BCUT2D eigenvalue weighted by molar-refractivity contribution is 0.0697. The van der Waals surface area contributed by atoms with E-state index in [0.29, 0.717) is 0 Å². The maximum absolute atomic E-state index is 10.8. The number of carboxylic acids is 1. The molecule has 0 aliphatic carbocycles. The van der Waals surface area contributed by atoms with E-state index in [1.807, 2.05) is 22.7 Å². The average Bonchev–Trinajstić information content (AvgIpc) is 2.84. The number of pyridine rings is 1. The molecule has 2 aromatic heterocycles. The highest BCUT2D eigenvalue weighted by molar-refractivity contribution is 9.10. The summed E-state index contributed by atoms with van der Waals surface area (Å²) in [4.78, 5) is 15.2. The van der Waals surface area contributed by atoms with Gasteiger partial charge in [0.1, 0.15) is 5.82 Å². The molecule has 5 heteroatoms. The molecular weight excluding hydrogens is 308 g/mol. The van der Waals surface area contributed by atoms with E-state index in [0.717, 1.165) is 21.4 Å². The molecule has 0 spiro atoms. The van der Waals surface area contributed by atoms with Gasteiger partial charge >= 0.3 is 5.97 Å². The summed E-state index contributed by atoms with van der Waals surface area (Å²) in [6.45, 7) is 0. The van der Waals surface area contributed by atoms with Crippen LogP contribution in [0.5, 0.6) is 0 Å². The highest BCUT2D eigenvalue weighted by atomic mass is 79.9. The Morgan fingerprint density at radius 1 is 1.21 bits per heavy atom. The number of nitrogens with zero attached hydrogens (tertiary/aromatic N) is 2. The van der Waals surface area contributed by atoms with E-state index < -0.39 is 5.97 Å². The van der Waals surface area contributed by atoms with Crippen LogP contribution >= 0.6 is 15.9 Å². The number of aromatic nitrogens is 2. The van der Waals surface area contributed by atoms with Gasteiger partial charge < -0.3 is 5.11 Å². The van der Waals surface area contributed by atoms with E-state index in [2.05, 4.69) is 20.9 Å². The maximum Gasteiger partial charge on any atom is 0.335 e. The summed E-state index contributed by atoms with van der Waals surface area (Å²) in [7, 11) is 0. The molecule has 0 aliphatic heterocycles. The van der Waals surface area contributed by atoms with Crippen LogP contribution in [-0.2, 0) is 0 Å². The van der Waals surface area contributed by atoms with Crippen LogP contribution in [0.2, 0.25) is 0 Å². The molecule has 0 saturated carbocycles. The first-order valence-electron chi connectivity index (χ1n) is 5.62. The second-order valence-corrected chi connectivity index (χ2v) is 4.93. The first kappa shape index (κ1) is 11.9. The molecule has 0 unspecified atom stereocenters. The number of carbonyl (C=O) groups is 1. The van der Waals surface area contributed by atoms with Gasteiger partial charge in [-0.1, -0.05) is 12.1 Å². The van der Waals surface area contributed by atoms with Gasteiger partial charge in [-0.15, -0.1) is 0 Å². The van der Waals surface area contributed by atoms with E-state index in [4.69, 9.17) is 5.11 Å². The largest absolute Gasteiger partial charge is 0.478 e. The number of aromatic carboxylic acids is 1. The number of hydrogen-bond acceptors (Lipinski definition) is 2. The molecule has 0 bridgehead atoms. The average molecular weight is 317 g/mol. The Balaban J connectivity index is 2.14. The van der Waals surface area contributed by atoms with Crippen molar-refractivity contribution in [1.29, 1.82) is 0 Å². The third-order valence-electron chi connectivity index (χ3n) is 2.91. The summed E-state index contributed by atoms with van der Waals surface area (Å²) in [5, 5.41) is 8.89. The van der Waals surface area contributed by atoms with Crippen molar-refractivity contribution in [3.63, 3.8) is 0 Å². The zero-order valence-corrected chi connectivity index (χ0v) is 11.3. The van der Waals surface area contributed by atoms with E-state index in [9.17, 15) is 4.79 Å². The lowest BCUT2D eigenvalue weighted by Crippen LogP contribution is -1.96. The predicted molar refractivity (Wildman–Crippen MR) is 75.3 cm³/mol. The second-order valence-electron chi connectivity index (χ2n) is 4.08. The van der Waals surface area contributed by atoms with Crippen molar-refractivity contribution in [2.75, 3.05) is 0 Å². The van der Waals surface area contributed by atoms with Gasteiger partial charge in [0, 0.05) is 16.2 Å². The lowest BCUT2D eigenvalue weighted by atomic mass is 10.1. The van der Waals surface area contributed by atoms with Crippen molar-refractivity contribution in [1.82, 2.24) is 9.38 Å². The summed E-state index contributed by atoms with van der Waals surface area (Å²) >= 11 is 3.47. The SMILES string of the molecule is O=C(O)c1ccc(-c2ncc3c(Br)cccn23)cc1. The minimum Gasteiger partial charge on any atom is -0.478 e. The first-order valence-corrected chi connectivity index (χ1v) is 6.41. The molecule has 0 saturated heterocycles. The molecule has 19 heavy (non-hydrogen) atoms. The monoisotopic (exact) mass is 316 g/mol. The molecule has 0 atom stereocenters. The van der Waals surface area contributed by atoms with Gasteiger partial charge in [0.15, 0.2) is 0 Å². The van der Waals surface area contributed by atoms with Crippen molar-refractivity contribution in [2.24, 2.45) is 0 Å². The Bertz CT molecular complexity index is 763. The van der Waals surface area contributed by atoms with Gasteiger partial charge in [-0.25, -0.2) is 9.78 Å². The number of benzene rings is 1. The smallest absolute Gasteiger partial charge is 0.335 e. The van der Waals surface area contributed by atoms with Crippen LogP contribution in [0.3, 0.4) is 0 Å². The Morgan fingerprint density at radius 3 is 2.63 bits per heavy atom. The summed E-state index contributed by atoms with van der Waals surface area (Å²) < 4.78 is 2.93. The fraction of sp³-hybridized carbons (Fsp3) is 0. The molecule has 0 aliphatic rings. The van der Waals surface area contributed by atoms with Gasteiger partial charge in [-0.2, -0.15) is 0 Å². The van der Waals surface area contributed by atoms with Gasteiger partial charge in [0.2, 0.25) is 0 Å². The molecule has 4 nitrogen and oxygen atoms in total. The molecule has 1 N–H and O–H groups in total. The molecular formula is C14H9BrN2O2. The summed E-state index contributed by atoms with van der Waals surface area (Å²) in [5.74, 6) is -0.143. The van der Waals surface area contributed by atoms with Gasteiger partial charge in [-0.3, -0.25) is 4.40 Å². The second kappa shape index (κ2) is 4.51. The molecule has 0 radical (unpaired) electrons. The van der Waals surface area contributed by atoms with E-state index in [-0.39, 0.29) is 5.56 Å². The Labute approximate surface area is 117 Å². The minimum atomic E-state index is -0.928. The summed E-state index contributed by atoms with van der Waals surface area (Å²) in [6.07, 6.45) is 3.71. The van der Waals surface area contributed by atoms with Crippen molar-refractivity contribution in [3.05, 3.63) is 58.8 Å². The Morgan fingerprint density at radius 2 is 1.95 bits per heavy atom. The van der Waals surface area contributed by atoms with E-state index in [1.165, 1.54) is 0 Å². The van der Waals surface area contributed by atoms with Crippen LogP contribution in [0.4, 0.5) is 0 Å². The zero-order chi connectivity index (χ0) is 13.4. The zero-order valence-electron chi connectivity index (χ0n) is 9.75. The van der Waals surface area contributed by atoms with Gasteiger partial charge in [-0.05, 0) is 40.2 Å². The van der Waals surface area contributed by atoms with Crippen LogP contribution in [0.25, 0.3) is 16.9 Å². The molecule has 0 amide bonds. The highest BCUT2D eigenvalue weighted by Gasteiger charge is 2.09. The molecule has 0 fully saturated rings. The standard InChI is InChI=1S/C14H9BrN2O2/c15-11-2-1-7-17-12(11)8-16-13(17)9-3-5-10(6-4-9)14(18)19/h1-8H,(H,18,19). The minimum absolute atomic E-state index is 0.269. The fourth-order valence-electron chi connectivity index (χ4n) is 1.96. The molecule has 3 rings (SSSR count). The van der Waals surface area contributed by atoms with Gasteiger partial charge in [0.05, 0.1) is 17.3 Å². The Kier molecular flexibility index (Phi) is 2.83. The van der Waals surface area contributed by atoms with Crippen LogP contribution in [0.1, 0.15) is 10.4 Å². The lowest BCUT2D eigenvalue weighted by Gasteiger charge is -2.03. The Hall–Kier alpha value is -2.14. The quantitative estimate of drug-likeness (QED) is 0.787. The third kappa shape index (κ3) is 2.02. The summed E-state index contributed by atoms with van der Waals surface area (Å²) in [5.41, 5.74) is 2.12. The predicted octanol–water partition coefficient (Wildman–Crippen LogP) is 3.46. The van der Waals surface area contributed by atoms with Crippen LogP contribution in [0, 0.1) is 0 Å². The number of halogens is 1. The molecule has 2 heterocycles. The van der Waals surface area contributed by atoms with Crippen molar-refractivity contribution < 1.29 is 9.90 Å². The highest BCUT2D eigenvalue weighted by Crippen LogP contribution is 2.24. The van der Waals surface area contributed by atoms with Gasteiger partial charge in [0.25, 0.3) is 0 Å². The van der Waals surface area contributed by atoms with Crippen LogP contribution in [0.15, 0.2) is 53.3 Å². The molecule has 3 aromatic rings. The number of fused-ring (bicyclic) bond motifs is 1. The molecule has 94 valence electrons. The van der Waals surface area contributed by atoms with Crippen molar-refractivity contribution in [2.45, 2.75) is 0 Å². The number of imidazole rings is 1. The summed E-state index contributed by atoms with van der Waals surface area (Å²) in [6, 6.07) is 10.6. The van der Waals surface area contributed by atoms with E-state index in [1.54, 1.807) is 30.5 Å². The fourth-order valence-corrected chi connectivity index (χ4v) is 2.41. The number of rotatable bonds is 2. The van der Waals surface area contributed by atoms with Crippen LogP contribution < -0.4 is 0 Å². The van der Waals surface area contributed by atoms with Crippen LogP contribution in [-0.4, -0.2) is 20.5 Å². The number of hydrogen-bond donors (Lipinski definition) is 1. The van der Waals surface area contributed by atoms with Crippen molar-refractivity contribution in [3.8, 4) is 11.4 Å². The number of carboxylic acid groups (broad SMARTS) is 1. The van der Waals surface area contributed by atoms with Crippen molar-refractivity contribution >= 4 is 27.4 Å². The molecule has 1 aromatic carbocycles. The normalized spacial score (nSPS) is 10.8. The van der Waals surface area contributed by atoms with E-state index >= 15 is 0 Å². The first-order chi connectivity index (χ1) is 9.16.